The van der Waals surface area contributed by atoms with E-state index in [1.807, 2.05) is 0 Å². The average molecular weight is 305 g/mol. The lowest BCUT2D eigenvalue weighted by atomic mass is 9.54. The van der Waals surface area contributed by atoms with Crippen molar-refractivity contribution in [3.05, 3.63) is 0 Å². The summed E-state index contributed by atoms with van der Waals surface area (Å²) in [5.74, 6) is 0.536. The van der Waals surface area contributed by atoms with Gasteiger partial charge in [-0.3, -0.25) is 4.99 Å². The quantitative estimate of drug-likeness (QED) is 0.667. The van der Waals surface area contributed by atoms with E-state index in [4.69, 9.17) is 14.3 Å². The van der Waals surface area contributed by atoms with Gasteiger partial charge in [0.2, 0.25) is 0 Å². The van der Waals surface area contributed by atoms with Crippen molar-refractivity contribution in [2.75, 3.05) is 6.54 Å². The fraction of sp³-hybridized carbons (Fsp3) is 0.944. The van der Waals surface area contributed by atoms with Crippen LogP contribution in [-0.2, 0) is 9.31 Å². The zero-order chi connectivity index (χ0) is 16.4. The Morgan fingerprint density at radius 2 is 1.50 bits per heavy atom. The largest absolute Gasteiger partial charge is 0.461 e. The molecule has 1 saturated carbocycles. The molecule has 0 amide bonds. The van der Waals surface area contributed by atoms with E-state index < -0.39 is 0 Å². The monoisotopic (exact) mass is 305 g/mol. The summed E-state index contributed by atoms with van der Waals surface area (Å²) in [6.07, 6.45) is 4.90. The minimum Gasteiger partial charge on any atom is -0.403 e. The van der Waals surface area contributed by atoms with Crippen LogP contribution in [0.15, 0.2) is 4.99 Å². The van der Waals surface area contributed by atoms with Gasteiger partial charge >= 0.3 is 7.12 Å². The summed E-state index contributed by atoms with van der Waals surface area (Å²) in [6.45, 7) is 16.5. The van der Waals surface area contributed by atoms with Gasteiger partial charge in [0, 0.05) is 23.1 Å². The second-order valence-electron chi connectivity index (χ2n) is 9.66. The summed E-state index contributed by atoms with van der Waals surface area (Å²) in [6, 6.07) is 0. The molecule has 2 heterocycles. The lowest BCUT2D eigenvalue weighted by Crippen LogP contribution is -2.51. The molecule has 0 radical (unpaired) electrons. The summed E-state index contributed by atoms with van der Waals surface area (Å²) >= 11 is 0. The van der Waals surface area contributed by atoms with Crippen LogP contribution in [0.2, 0.25) is 5.82 Å². The van der Waals surface area contributed by atoms with Gasteiger partial charge in [-0.25, -0.2) is 0 Å². The van der Waals surface area contributed by atoms with Gasteiger partial charge < -0.3 is 9.31 Å². The number of aliphatic imine (C=N–C) groups is 1. The van der Waals surface area contributed by atoms with Crippen molar-refractivity contribution in [2.45, 2.75) is 91.2 Å². The molecule has 2 aliphatic heterocycles. The highest BCUT2D eigenvalue weighted by Gasteiger charge is 2.56. The van der Waals surface area contributed by atoms with Crippen LogP contribution >= 0.6 is 0 Å². The molecule has 2 fully saturated rings. The van der Waals surface area contributed by atoms with Gasteiger partial charge in [0.25, 0.3) is 0 Å². The van der Waals surface area contributed by atoms with E-state index in [0.29, 0.717) is 11.2 Å². The lowest BCUT2D eigenvalue weighted by Gasteiger charge is -2.50. The third kappa shape index (κ3) is 2.47. The predicted octanol–water partition coefficient (Wildman–Crippen LogP) is 4.51. The summed E-state index contributed by atoms with van der Waals surface area (Å²) in [4.78, 5) is 4.74. The highest BCUT2D eigenvalue weighted by atomic mass is 16.7. The molecule has 0 atom stereocenters. The molecule has 3 aliphatic rings. The van der Waals surface area contributed by atoms with Crippen molar-refractivity contribution < 1.29 is 9.31 Å². The number of hydrogen-bond acceptors (Lipinski definition) is 3. The Morgan fingerprint density at radius 1 is 1.00 bits per heavy atom. The molecule has 3 rings (SSSR count). The number of hydrogen-bond donors (Lipinski definition) is 0. The van der Waals surface area contributed by atoms with Crippen LogP contribution in [0.5, 0.6) is 0 Å². The van der Waals surface area contributed by atoms with Crippen LogP contribution in [0.3, 0.4) is 0 Å². The van der Waals surface area contributed by atoms with Crippen molar-refractivity contribution in [2.24, 2.45) is 15.8 Å². The van der Waals surface area contributed by atoms with Crippen molar-refractivity contribution in [1.29, 1.82) is 0 Å². The fourth-order valence-electron chi connectivity index (χ4n) is 4.36. The minimum absolute atomic E-state index is 0.0301. The van der Waals surface area contributed by atoms with E-state index in [1.54, 1.807) is 0 Å². The third-order valence-electron chi connectivity index (χ3n) is 6.40. The number of rotatable bonds is 1. The second-order valence-corrected chi connectivity index (χ2v) is 9.66. The molecule has 1 saturated heterocycles. The van der Waals surface area contributed by atoms with Crippen LogP contribution < -0.4 is 0 Å². The van der Waals surface area contributed by atoms with E-state index in [0.717, 1.165) is 6.54 Å². The van der Waals surface area contributed by atoms with Gasteiger partial charge in [0.05, 0.1) is 11.2 Å². The summed E-state index contributed by atoms with van der Waals surface area (Å²) in [5.41, 5.74) is 1.64. The lowest BCUT2D eigenvalue weighted by molar-refractivity contribution is 0.00578. The molecule has 0 aromatic carbocycles. The Balaban J connectivity index is 1.64. The Hall–Kier alpha value is -0.345. The second kappa shape index (κ2) is 4.83. The minimum atomic E-state index is -0.207. The van der Waals surface area contributed by atoms with E-state index in [2.05, 4.69) is 48.5 Å². The summed E-state index contributed by atoms with van der Waals surface area (Å²) in [5, 5.41) is 0. The third-order valence-corrected chi connectivity index (χ3v) is 6.40. The Kier molecular flexibility index (Phi) is 3.62. The van der Waals surface area contributed by atoms with Gasteiger partial charge in [-0.1, -0.05) is 33.6 Å². The Labute approximate surface area is 136 Å². The van der Waals surface area contributed by atoms with Crippen molar-refractivity contribution >= 4 is 12.8 Å². The van der Waals surface area contributed by atoms with E-state index in [9.17, 15) is 0 Å². The molecular formula is C18H32BNO2. The van der Waals surface area contributed by atoms with Crippen LogP contribution in [0.1, 0.15) is 74.1 Å². The predicted molar refractivity (Wildman–Crippen MR) is 92.5 cm³/mol. The zero-order valence-corrected chi connectivity index (χ0v) is 15.5. The zero-order valence-electron chi connectivity index (χ0n) is 15.5. The van der Waals surface area contributed by atoms with E-state index in [1.165, 1.54) is 31.4 Å². The smallest absolute Gasteiger partial charge is 0.403 e. The Bertz CT molecular complexity index is 466. The maximum Gasteiger partial charge on any atom is 0.461 e. The molecule has 0 bridgehead atoms. The fourth-order valence-corrected chi connectivity index (χ4v) is 4.36. The first-order valence-corrected chi connectivity index (χ1v) is 8.88. The summed E-state index contributed by atoms with van der Waals surface area (Å²) in [7, 11) is -0.0301. The van der Waals surface area contributed by atoms with Crippen LogP contribution in [0.4, 0.5) is 0 Å². The van der Waals surface area contributed by atoms with Crippen molar-refractivity contribution in [3.63, 3.8) is 0 Å². The maximum atomic E-state index is 6.26. The maximum absolute atomic E-state index is 6.26. The molecule has 0 N–H and O–H groups in total. The first-order valence-electron chi connectivity index (χ1n) is 8.88. The molecule has 0 unspecified atom stereocenters. The molecule has 0 aromatic rings. The molecule has 4 heteroatoms. The first kappa shape index (κ1) is 16.5. The van der Waals surface area contributed by atoms with E-state index >= 15 is 0 Å². The molecular weight excluding hydrogens is 273 g/mol. The molecule has 22 heavy (non-hydrogen) atoms. The first-order chi connectivity index (χ1) is 9.97. The van der Waals surface area contributed by atoms with Crippen LogP contribution in [0.25, 0.3) is 0 Å². The van der Waals surface area contributed by atoms with Gasteiger partial charge in [0.15, 0.2) is 0 Å². The Morgan fingerprint density at radius 3 is 1.86 bits per heavy atom. The average Bonchev–Trinajstić information content (AvgIpc) is 2.55. The molecule has 124 valence electrons. The van der Waals surface area contributed by atoms with Gasteiger partial charge in [-0.15, -0.1) is 0 Å². The molecule has 0 aromatic heterocycles. The molecule has 1 spiro atoms. The molecule has 1 aliphatic carbocycles. The summed E-state index contributed by atoms with van der Waals surface area (Å²) < 4.78 is 12.5. The van der Waals surface area contributed by atoms with Crippen molar-refractivity contribution in [1.82, 2.24) is 0 Å². The standard InChI is InChI=1S/C18H32BNO2/c1-15(2,3)14-18(12-20-14)10-8-13(9-11-18)19-21-16(4,5)17(6,7)22-19/h13H,8-12H2,1-7H3. The van der Waals surface area contributed by atoms with E-state index in [-0.39, 0.29) is 23.7 Å². The van der Waals surface area contributed by atoms with Crippen molar-refractivity contribution in [3.8, 4) is 0 Å². The highest BCUT2D eigenvalue weighted by Crippen LogP contribution is 2.53. The topological polar surface area (TPSA) is 30.8 Å². The highest BCUT2D eigenvalue weighted by molar-refractivity contribution is 6.47. The normalized spacial score (nSPS) is 37.1. The van der Waals surface area contributed by atoms with Gasteiger partial charge in [-0.2, -0.15) is 0 Å². The molecule has 3 nitrogen and oxygen atoms in total. The van der Waals surface area contributed by atoms with Gasteiger partial charge in [-0.05, 0) is 46.4 Å². The van der Waals surface area contributed by atoms with Crippen LogP contribution in [-0.4, -0.2) is 30.6 Å². The SMILES string of the molecule is CC(C)(C)C1=NCC12CCC(B1OC(C)(C)C(C)(C)O1)CC2. The van der Waals surface area contributed by atoms with Gasteiger partial charge in [0.1, 0.15) is 0 Å². The number of nitrogens with zero attached hydrogens (tertiary/aromatic N) is 1. The van der Waals surface area contributed by atoms with Crippen LogP contribution in [0, 0.1) is 10.8 Å².